The van der Waals surface area contributed by atoms with Gasteiger partial charge in [0.05, 0.1) is 11.0 Å². The zero-order valence-electron chi connectivity index (χ0n) is 17.3. The van der Waals surface area contributed by atoms with Gasteiger partial charge >= 0.3 is 0 Å². The number of aryl methyl sites for hydroxylation is 1. The van der Waals surface area contributed by atoms with E-state index in [0.29, 0.717) is 18.0 Å². The molecule has 1 saturated heterocycles. The Labute approximate surface area is 182 Å². The molecule has 5 heteroatoms. The van der Waals surface area contributed by atoms with E-state index in [4.69, 9.17) is 16.6 Å². The number of anilines is 1. The number of fused-ring (bicyclic) bond motifs is 1. The predicted octanol–water partition coefficient (Wildman–Crippen LogP) is 6.18. The van der Waals surface area contributed by atoms with Gasteiger partial charge in [-0.15, -0.1) is 0 Å². The smallest absolute Gasteiger partial charge is 0.227 e. The quantitative estimate of drug-likeness (QED) is 0.493. The largest absolute Gasteiger partial charge is 0.328 e. The number of nitrogens with zero attached hydrogens (tertiary/aromatic N) is 3. The van der Waals surface area contributed by atoms with Gasteiger partial charge in [-0.05, 0) is 48.7 Å². The third-order valence-corrected chi connectivity index (χ3v) is 7.05. The number of para-hydroxylation sites is 2. The average molecular weight is 422 g/mol. The van der Waals surface area contributed by atoms with E-state index in [1.165, 1.54) is 44.0 Å². The van der Waals surface area contributed by atoms with Crippen LogP contribution in [0.1, 0.15) is 56.7 Å². The Morgan fingerprint density at radius 3 is 2.57 bits per heavy atom. The molecule has 1 unspecified atom stereocenters. The molecule has 1 atom stereocenters. The van der Waals surface area contributed by atoms with Gasteiger partial charge in [0.2, 0.25) is 5.91 Å². The number of imidazole rings is 1. The summed E-state index contributed by atoms with van der Waals surface area (Å²) < 4.78 is 2.40. The summed E-state index contributed by atoms with van der Waals surface area (Å²) in [5, 5.41) is 0.687. The van der Waals surface area contributed by atoms with Gasteiger partial charge in [-0.25, -0.2) is 4.98 Å². The maximum absolute atomic E-state index is 12.8. The standard InChI is InChI=1S/C25H28ClN3O/c26-20-10-12-21(13-11-20)29-17-19(16-24(29)30)25-27-22-8-4-5-9-23(22)28(25)15-14-18-6-2-1-3-7-18/h4-5,8-13,18-19H,1-3,6-7,14-17H2. The number of amides is 1. The molecular formula is C25H28ClN3O. The Hall–Kier alpha value is -2.33. The summed E-state index contributed by atoms with van der Waals surface area (Å²) in [6, 6.07) is 15.9. The van der Waals surface area contributed by atoms with Crippen molar-refractivity contribution in [2.45, 2.75) is 57.4 Å². The molecular weight excluding hydrogens is 394 g/mol. The van der Waals surface area contributed by atoms with Gasteiger partial charge in [0.25, 0.3) is 0 Å². The van der Waals surface area contributed by atoms with Gasteiger partial charge in [0.1, 0.15) is 5.82 Å². The van der Waals surface area contributed by atoms with E-state index in [0.717, 1.165) is 29.5 Å². The third-order valence-electron chi connectivity index (χ3n) is 6.80. The SMILES string of the molecule is O=C1CC(c2nc3ccccc3n2CCC2CCCCC2)CN1c1ccc(Cl)cc1. The van der Waals surface area contributed by atoms with Crippen molar-refractivity contribution in [2.75, 3.05) is 11.4 Å². The highest BCUT2D eigenvalue weighted by Gasteiger charge is 2.35. The van der Waals surface area contributed by atoms with Crippen LogP contribution in [0.4, 0.5) is 5.69 Å². The van der Waals surface area contributed by atoms with E-state index < -0.39 is 0 Å². The molecule has 1 saturated carbocycles. The molecule has 1 amide bonds. The van der Waals surface area contributed by atoms with E-state index in [1.807, 2.05) is 35.2 Å². The molecule has 0 bridgehead atoms. The molecule has 5 rings (SSSR count). The summed E-state index contributed by atoms with van der Waals surface area (Å²) in [5.41, 5.74) is 3.14. The van der Waals surface area contributed by atoms with Gasteiger partial charge in [0.15, 0.2) is 0 Å². The minimum absolute atomic E-state index is 0.118. The van der Waals surface area contributed by atoms with E-state index >= 15 is 0 Å². The minimum atomic E-state index is 0.118. The highest BCUT2D eigenvalue weighted by atomic mass is 35.5. The zero-order chi connectivity index (χ0) is 20.5. The van der Waals surface area contributed by atoms with Crippen LogP contribution in [0.15, 0.2) is 48.5 Å². The first-order valence-corrected chi connectivity index (χ1v) is 11.6. The summed E-state index contributed by atoms with van der Waals surface area (Å²) in [4.78, 5) is 19.7. The number of aromatic nitrogens is 2. The third kappa shape index (κ3) is 3.85. The molecule has 30 heavy (non-hydrogen) atoms. The molecule has 156 valence electrons. The summed E-state index contributed by atoms with van der Waals surface area (Å²) >= 11 is 6.03. The number of hydrogen-bond acceptors (Lipinski definition) is 2. The Bertz CT molecular complexity index is 1040. The summed E-state index contributed by atoms with van der Waals surface area (Å²) in [6.07, 6.45) is 8.55. The average Bonchev–Trinajstić information content (AvgIpc) is 3.34. The molecule has 2 fully saturated rings. The van der Waals surface area contributed by atoms with Gasteiger partial charge in [-0.1, -0.05) is 55.8 Å². The van der Waals surface area contributed by atoms with Crippen LogP contribution >= 0.6 is 11.6 Å². The maximum atomic E-state index is 12.8. The molecule has 0 radical (unpaired) electrons. The van der Waals surface area contributed by atoms with Crippen LogP contribution in [-0.4, -0.2) is 22.0 Å². The number of halogens is 1. The molecule has 1 aliphatic heterocycles. The Balaban J connectivity index is 1.42. The van der Waals surface area contributed by atoms with Gasteiger partial charge < -0.3 is 9.47 Å². The van der Waals surface area contributed by atoms with Crippen molar-refractivity contribution in [3.05, 3.63) is 59.4 Å². The molecule has 3 aromatic rings. The minimum Gasteiger partial charge on any atom is -0.328 e. The van der Waals surface area contributed by atoms with Crippen molar-refractivity contribution in [3.63, 3.8) is 0 Å². The lowest BCUT2D eigenvalue weighted by molar-refractivity contribution is -0.117. The molecule has 4 nitrogen and oxygen atoms in total. The highest BCUT2D eigenvalue weighted by Crippen LogP contribution is 2.34. The van der Waals surface area contributed by atoms with Crippen LogP contribution in [0.5, 0.6) is 0 Å². The van der Waals surface area contributed by atoms with E-state index in [9.17, 15) is 4.79 Å². The van der Waals surface area contributed by atoms with Crippen molar-refractivity contribution < 1.29 is 4.79 Å². The number of carbonyl (C=O) groups is 1. The predicted molar refractivity (Wildman–Crippen MR) is 122 cm³/mol. The van der Waals surface area contributed by atoms with Crippen LogP contribution in [0.2, 0.25) is 5.02 Å². The van der Waals surface area contributed by atoms with Crippen LogP contribution in [0.25, 0.3) is 11.0 Å². The van der Waals surface area contributed by atoms with Crippen LogP contribution in [0.3, 0.4) is 0 Å². The van der Waals surface area contributed by atoms with Crippen molar-refractivity contribution in [1.82, 2.24) is 9.55 Å². The lowest BCUT2D eigenvalue weighted by Crippen LogP contribution is -2.24. The number of carbonyl (C=O) groups excluding carboxylic acids is 1. The zero-order valence-corrected chi connectivity index (χ0v) is 18.0. The van der Waals surface area contributed by atoms with Crippen molar-refractivity contribution in [1.29, 1.82) is 0 Å². The fourth-order valence-electron chi connectivity index (χ4n) is 5.18. The first-order valence-electron chi connectivity index (χ1n) is 11.2. The van der Waals surface area contributed by atoms with Crippen LogP contribution < -0.4 is 4.90 Å². The fraction of sp³-hybridized carbons (Fsp3) is 0.440. The summed E-state index contributed by atoms with van der Waals surface area (Å²) in [7, 11) is 0. The topological polar surface area (TPSA) is 38.1 Å². The monoisotopic (exact) mass is 421 g/mol. The fourth-order valence-corrected chi connectivity index (χ4v) is 5.31. The normalized spacial score (nSPS) is 20.4. The number of rotatable bonds is 5. The molecule has 1 aliphatic carbocycles. The highest BCUT2D eigenvalue weighted by molar-refractivity contribution is 6.30. The van der Waals surface area contributed by atoms with E-state index in [-0.39, 0.29) is 11.8 Å². The number of benzene rings is 2. The number of hydrogen-bond donors (Lipinski definition) is 0. The Morgan fingerprint density at radius 1 is 1.00 bits per heavy atom. The molecule has 1 aromatic heterocycles. The van der Waals surface area contributed by atoms with Gasteiger partial charge in [-0.3, -0.25) is 4.79 Å². The second-order valence-electron chi connectivity index (χ2n) is 8.78. The van der Waals surface area contributed by atoms with E-state index in [2.05, 4.69) is 22.8 Å². The molecule has 0 N–H and O–H groups in total. The van der Waals surface area contributed by atoms with Gasteiger partial charge in [-0.2, -0.15) is 0 Å². The lowest BCUT2D eigenvalue weighted by Gasteiger charge is -2.23. The van der Waals surface area contributed by atoms with Crippen LogP contribution in [-0.2, 0) is 11.3 Å². The lowest BCUT2D eigenvalue weighted by atomic mass is 9.87. The maximum Gasteiger partial charge on any atom is 0.227 e. The van der Waals surface area contributed by atoms with Crippen molar-refractivity contribution in [3.8, 4) is 0 Å². The second-order valence-corrected chi connectivity index (χ2v) is 9.22. The van der Waals surface area contributed by atoms with Gasteiger partial charge in [0, 0.05) is 36.1 Å². The second kappa shape index (κ2) is 8.43. The summed E-state index contributed by atoms with van der Waals surface area (Å²) in [5.74, 6) is 2.17. The molecule has 0 spiro atoms. The van der Waals surface area contributed by atoms with E-state index in [1.54, 1.807) is 0 Å². The Morgan fingerprint density at radius 2 is 1.77 bits per heavy atom. The molecule has 2 heterocycles. The van der Waals surface area contributed by atoms with Crippen LogP contribution in [0, 0.1) is 5.92 Å². The summed E-state index contributed by atoms with van der Waals surface area (Å²) in [6.45, 7) is 1.67. The first kappa shape index (κ1) is 19.6. The molecule has 2 aromatic carbocycles. The molecule has 2 aliphatic rings. The Kier molecular flexibility index (Phi) is 5.51. The first-order chi connectivity index (χ1) is 14.7. The van der Waals surface area contributed by atoms with Crippen molar-refractivity contribution >= 4 is 34.2 Å². The van der Waals surface area contributed by atoms with Crippen molar-refractivity contribution in [2.24, 2.45) is 5.92 Å².